The van der Waals surface area contributed by atoms with E-state index in [0.29, 0.717) is 12.1 Å². The van der Waals surface area contributed by atoms with Gasteiger partial charge >= 0.3 is 0 Å². The Labute approximate surface area is 124 Å². The molecular weight excluding hydrogens is 266 g/mol. The molecule has 2 aromatic rings. The number of benzene rings is 1. The third-order valence-electron chi connectivity index (χ3n) is 3.86. The average Bonchev–Trinajstić information content (AvgIpc) is 3.23. The summed E-state index contributed by atoms with van der Waals surface area (Å²) >= 11 is 1.89. The summed E-state index contributed by atoms with van der Waals surface area (Å²) in [6.45, 7) is 2.19. The van der Waals surface area contributed by atoms with Gasteiger partial charge in [0.15, 0.2) is 0 Å². The third-order valence-corrected chi connectivity index (χ3v) is 4.89. The fraction of sp³-hybridized carbons (Fsp3) is 0.438. The Morgan fingerprint density at radius 1 is 1.45 bits per heavy atom. The predicted octanol–water partition coefficient (Wildman–Crippen LogP) is 3.79. The molecule has 20 heavy (non-hydrogen) atoms. The van der Waals surface area contributed by atoms with Crippen LogP contribution in [0.15, 0.2) is 41.7 Å². The predicted molar refractivity (Wildman–Crippen MR) is 84.0 cm³/mol. The molecule has 0 amide bonds. The van der Waals surface area contributed by atoms with Crippen molar-refractivity contribution in [1.29, 1.82) is 0 Å². The lowest BCUT2D eigenvalue weighted by atomic mass is 10.1. The van der Waals surface area contributed by atoms with Crippen molar-refractivity contribution < 1.29 is 0 Å². The lowest BCUT2D eigenvalue weighted by Crippen LogP contribution is -2.12. The van der Waals surface area contributed by atoms with Crippen molar-refractivity contribution >= 4 is 11.8 Å². The minimum absolute atomic E-state index is 0.396. The monoisotopic (exact) mass is 287 g/mol. The van der Waals surface area contributed by atoms with Gasteiger partial charge in [0.05, 0.1) is 6.33 Å². The van der Waals surface area contributed by atoms with Crippen LogP contribution < -0.4 is 5.32 Å². The van der Waals surface area contributed by atoms with E-state index in [0.717, 1.165) is 5.75 Å². The Bertz CT molecular complexity index is 575. The van der Waals surface area contributed by atoms with Gasteiger partial charge in [0, 0.05) is 34.6 Å². The molecule has 1 N–H and O–H groups in total. The molecule has 4 heteroatoms. The normalized spacial score (nSPS) is 16.3. The number of aromatic nitrogens is 2. The van der Waals surface area contributed by atoms with E-state index in [1.807, 2.05) is 31.3 Å². The molecule has 0 spiro atoms. The molecule has 106 valence electrons. The number of thioether (sulfide) groups is 1. The summed E-state index contributed by atoms with van der Waals surface area (Å²) in [5, 5.41) is 3.29. The highest BCUT2D eigenvalue weighted by atomic mass is 32.2. The molecule has 1 aromatic heterocycles. The second-order valence-electron chi connectivity index (χ2n) is 5.39. The molecule has 1 aromatic carbocycles. The second-order valence-corrected chi connectivity index (χ2v) is 6.44. The van der Waals surface area contributed by atoms with Gasteiger partial charge in [0.25, 0.3) is 0 Å². The van der Waals surface area contributed by atoms with Crippen molar-refractivity contribution in [2.45, 2.75) is 42.5 Å². The van der Waals surface area contributed by atoms with E-state index >= 15 is 0 Å². The van der Waals surface area contributed by atoms with Crippen LogP contribution >= 0.6 is 11.8 Å². The maximum Gasteiger partial charge on any atom is 0.0951 e. The summed E-state index contributed by atoms with van der Waals surface area (Å²) in [6, 6.07) is 9.90. The second kappa shape index (κ2) is 6.02. The standard InChI is InChI=1S/C16H21N3S/c1-12(17-2)13-4-3-5-16(8-13)20-10-15-9-18-11-19(15)14-6-7-14/h3-5,8-9,11-12,14,17H,6-7,10H2,1-2H3. The summed E-state index contributed by atoms with van der Waals surface area (Å²) in [5.74, 6) is 0.994. The van der Waals surface area contributed by atoms with E-state index in [4.69, 9.17) is 0 Å². The number of hydrogen-bond acceptors (Lipinski definition) is 3. The summed E-state index contributed by atoms with van der Waals surface area (Å²) in [7, 11) is 2.00. The van der Waals surface area contributed by atoms with Crippen LogP contribution in [0.25, 0.3) is 0 Å². The SMILES string of the molecule is CNC(C)c1cccc(SCc2cncn2C2CC2)c1. The zero-order chi connectivity index (χ0) is 13.9. The van der Waals surface area contributed by atoms with Crippen LogP contribution in [0.4, 0.5) is 0 Å². The first-order chi connectivity index (χ1) is 9.78. The first-order valence-corrected chi connectivity index (χ1v) is 8.17. The molecule has 0 bridgehead atoms. The molecule has 1 heterocycles. The quantitative estimate of drug-likeness (QED) is 0.820. The molecule has 1 fully saturated rings. The van der Waals surface area contributed by atoms with E-state index in [1.165, 1.54) is 29.0 Å². The van der Waals surface area contributed by atoms with Crippen LogP contribution in [0.1, 0.15) is 43.1 Å². The fourth-order valence-corrected chi connectivity index (χ4v) is 3.26. The van der Waals surface area contributed by atoms with Crippen molar-refractivity contribution in [3.8, 4) is 0 Å². The van der Waals surface area contributed by atoms with Crippen LogP contribution in [0.5, 0.6) is 0 Å². The van der Waals surface area contributed by atoms with E-state index in [-0.39, 0.29) is 0 Å². The van der Waals surface area contributed by atoms with Crippen LogP contribution in [0.2, 0.25) is 0 Å². The largest absolute Gasteiger partial charge is 0.331 e. The van der Waals surface area contributed by atoms with Gasteiger partial charge in [-0.25, -0.2) is 4.98 Å². The summed E-state index contributed by atoms with van der Waals surface area (Å²) in [4.78, 5) is 5.62. The average molecular weight is 287 g/mol. The number of nitrogens with zero attached hydrogens (tertiary/aromatic N) is 2. The first kappa shape index (κ1) is 13.7. The van der Waals surface area contributed by atoms with Crippen molar-refractivity contribution in [1.82, 2.24) is 14.9 Å². The van der Waals surface area contributed by atoms with Crippen LogP contribution in [0, 0.1) is 0 Å². The molecule has 1 aliphatic carbocycles. The molecule has 1 aliphatic rings. The van der Waals surface area contributed by atoms with Crippen LogP contribution in [-0.4, -0.2) is 16.6 Å². The Hall–Kier alpha value is -1.26. The van der Waals surface area contributed by atoms with Crippen molar-refractivity contribution in [2.75, 3.05) is 7.05 Å². The van der Waals surface area contributed by atoms with E-state index in [1.54, 1.807) is 0 Å². The Balaban J connectivity index is 1.67. The van der Waals surface area contributed by atoms with E-state index in [9.17, 15) is 0 Å². The highest BCUT2D eigenvalue weighted by molar-refractivity contribution is 7.98. The van der Waals surface area contributed by atoms with Gasteiger partial charge in [-0.05, 0) is 44.5 Å². The van der Waals surface area contributed by atoms with Crippen molar-refractivity contribution in [2.24, 2.45) is 0 Å². The molecule has 1 saturated carbocycles. The molecule has 3 nitrogen and oxygen atoms in total. The number of rotatable bonds is 6. The maximum absolute atomic E-state index is 4.29. The highest BCUT2D eigenvalue weighted by Gasteiger charge is 2.25. The Morgan fingerprint density at radius 2 is 2.30 bits per heavy atom. The third kappa shape index (κ3) is 3.07. The lowest BCUT2D eigenvalue weighted by Gasteiger charge is -2.12. The first-order valence-electron chi connectivity index (χ1n) is 7.18. The smallest absolute Gasteiger partial charge is 0.0951 e. The lowest BCUT2D eigenvalue weighted by molar-refractivity contribution is 0.651. The zero-order valence-corrected chi connectivity index (χ0v) is 12.9. The number of hydrogen-bond donors (Lipinski definition) is 1. The number of imidazole rings is 1. The fourth-order valence-electron chi connectivity index (χ4n) is 2.32. The molecule has 1 atom stereocenters. The zero-order valence-electron chi connectivity index (χ0n) is 12.0. The van der Waals surface area contributed by atoms with Crippen LogP contribution in [-0.2, 0) is 5.75 Å². The summed E-state index contributed by atoms with van der Waals surface area (Å²) in [6.07, 6.45) is 6.60. The molecule has 0 radical (unpaired) electrons. The maximum atomic E-state index is 4.29. The van der Waals surface area contributed by atoms with Gasteiger partial charge in [0.2, 0.25) is 0 Å². The molecule has 1 unspecified atom stereocenters. The number of nitrogens with one attached hydrogen (secondary N) is 1. The van der Waals surface area contributed by atoms with E-state index in [2.05, 4.69) is 46.1 Å². The minimum atomic E-state index is 0.396. The summed E-state index contributed by atoms with van der Waals surface area (Å²) < 4.78 is 2.34. The molecular formula is C16H21N3S. The minimum Gasteiger partial charge on any atom is -0.331 e. The molecule has 3 rings (SSSR count). The molecule has 0 saturated heterocycles. The molecule has 0 aliphatic heterocycles. The Morgan fingerprint density at radius 3 is 3.05 bits per heavy atom. The van der Waals surface area contributed by atoms with Gasteiger partial charge in [-0.1, -0.05) is 12.1 Å². The highest BCUT2D eigenvalue weighted by Crippen LogP contribution is 2.37. The van der Waals surface area contributed by atoms with Crippen molar-refractivity contribution in [3.05, 3.63) is 48.0 Å². The Kier molecular flexibility index (Phi) is 4.13. The van der Waals surface area contributed by atoms with Gasteiger partial charge in [-0.2, -0.15) is 0 Å². The topological polar surface area (TPSA) is 29.9 Å². The van der Waals surface area contributed by atoms with Gasteiger partial charge in [-0.15, -0.1) is 11.8 Å². The summed E-state index contributed by atoms with van der Waals surface area (Å²) in [5.41, 5.74) is 2.68. The van der Waals surface area contributed by atoms with E-state index < -0.39 is 0 Å². The van der Waals surface area contributed by atoms with Gasteiger partial charge in [-0.3, -0.25) is 0 Å². The van der Waals surface area contributed by atoms with Crippen LogP contribution in [0.3, 0.4) is 0 Å². The van der Waals surface area contributed by atoms with Crippen molar-refractivity contribution in [3.63, 3.8) is 0 Å². The van der Waals surface area contributed by atoms with Gasteiger partial charge in [0.1, 0.15) is 0 Å². The van der Waals surface area contributed by atoms with Gasteiger partial charge < -0.3 is 9.88 Å².